The van der Waals surface area contributed by atoms with E-state index in [9.17, 15) is 9.18 Å². The second-order valence-electron chi connectivity index (χ2n) is 4.26. The minimum atomic E-state index is -1.10. The Labute approximate surface area is 109 Å². The molecule has 0 aliphatic rings. The number of nitrogens with one attached hydrogen (secondary N) is 1. The van der Waals surface area contributed by atoms with Crippen LogP contribution in [0.2, 0.25) is 0 Å². The summed E-state index contributed by atoms with van der Waals surface area (Å²) in [4.78, 5) is 10.8. The van der Waals surface area contributed by atoms with Gasteiger partial charge in [-0.1, -0.05) is 6.07 Å². The average Bonchev–Trinajstić information content (AvgIpc) is 2.73. The number of halogens is 1. The van der Waals surface area contributed by atoms with Gasteiger partial charge in [0.05, 0.1) is 0 Å². The third kappa shape index (κ3) is 2.76. The fourth-order valence-electron chi connectivity index (χ4n) is 1.79. The summed E-state index contributed by atoms with van der Waals surface area (Å²) in [5.41, 5.74) is 1.95. The van der Waals surface area contributed by atoms with E-state index in [1.807, 2.05) is 0 Å². The van der Waals surface area contributed by atoms with Crippen molar-refractivity contribution in [2.24, 2.45) is 0 Å². The first-order chi connectivity index (χ1) is 8.99. The molecular formula is C14H14FNO3. The Morgan fingerprint density at radius 3 is 2.79 bits per heavy atom. The van der Waals surface area contributed by atoms with Crippen LogP contribution >= 0.6 is 0 Å². The highest BCUT2D eigenvalue weighted by Crippen LogP contribution is 2.20. The highest BCUT2D eigenvalue weighted by Gasteiger charge is 2.13. The van der Waals surface area contributed by atoms with E-state index in [0.29, 0.717) is 23.6 Å². The first-order valence-electron chi connectivity index (χ1n) is 5.80. The molecule has 4 nitrogen and oxygen atoms in total. The van der Waals surface area contributed by atoms with Crippen molar-refractivity contribution in [2.45, 2.75) is 20.4 Å². The lowest BCUT2D eigenvalue weighted by molar-refractivity contribution is 0.0661. The normalized spacial score (nSPS) is 10.5. The van der Waals surface area contributed by atoms with Crippen molar-refractivity contribution in [1.29, 1.82) is 0 Å². The molecule has 5 heteroatoms. The second kappa shape index (κ2) is 5.14. The van der Waals surface area contributed by atoms with E-state index >= 15 is 0 Å². The van der Waals surface area contributed by atoms with Gasteiger partial charge in [-0.15, -0.1) is 0 Å². The van der Waals surface area contributed by atoms with Crippen molar-refractivity contribution in [3.8, 4) is 0 Å². The molecule has 0 atom stereocenters. The van der Waals surface area contributed by atoms with Crippen molar-refractivity contribution in [1.82, 2.24) is 0 Å². The van der Waals surface area contributed by atoms with Gasteiger partial charge in [-0.3, -0.25) is 0 Å². The molecule has 0 saturated heterocycles. The van der Waals surface area contributed by atoms with Gasteiger partial charge >= 0.3 is 5.97 Å². The number of furan rings is 1. The Morgan fingerprint density at radius 1 is 1.42 bits per heavy atom. The van der Waals surface area contributed by atoms with E-state index in [2.05, 4.69) is 5.32 Å². The molecule has 1 aromatic heterocycles. The van der Waals surface area contributed by atoms with Crippen LogP contribution in [0.3, 0.4) is 0 Å². The molecular weight excluding hydrogens is 249 g/mol. The zero-order valence-electron chi connectivity index (χ0n) is 10.7. The van der Waals surface area contributed by atoms with Crippen LogP contribution in [0.25, 0.3) is 0 Å². The van der Waals surface area contributed by atoms with E-state index in [4.69, 9.17) is 9.52 Å². The Balaban J connectivity index is 2.14. The minimum absolute atomic E-state index is 0.0923. The molecule has 2 rings (SSSR count). The first-order valence-corrected chi connectivity index (χ1v) is 5.80. The highest BCUT2D eigenvalue weighted by molar-refractivity contribution is 5.84. The van der Waals surface area contributed by atoms with Crippen LogP contribution in [-0.4, -0.2) is 11.1 Å². The van der Waals surface area contributed by atoms with Crippen LogP contribution in [0.5, 0.6) is 0 Å². The van der Waals surface area contributed by atoms with Gasteiger partial charge in [0.1, 0.15) is 11.6 Å². The molecule has 0 fully saturated rings. The van der Waals surface area contributed by atoms with Crippen LogP contribution < -0.4 is 5.32 Å². The fraction of sp³-hybridized carbons (Fsp3) is 0.214. The van der Waals surface area contributed by atoms with Crippen LogP contribution in [0.1, 0.15) is 27.4 Å². The molecule has 1 aromatic carbocycles. The molecule has 100 valence electrons. The summed E-state index contributed by atoms with van der Waals surface area (Å²) in [7, 11) is 0. The number of carboxylic acid groups (broad SMARTS) is 1. The number of anilines is 1. The van der Waals surface area contributed by atoms with E-state index < -0.39 is 5.97 Å². The number of carboxylic acids is 1. The second-order valence-corrected chi connectivity index (χ2v) is 4.26. The van der Waals surface area contributed by atoms with Gasteiger partial charge in [0.15, 0.2) is 0 Å². The fourth-order valence-corrected chi connectivity index (χ4v) is 1.79. The monoisotopic (exact) mass is 263 g/mol. The Bertz CT molecular complexity index is 619. The summed E-state index contributed by atoms with van der Waals surface area (Å²) in [6.07, 6.45) is 0. The zero-order valence-corrected chi connectivity index (χ0v) is 10.7. The number of hydrogen-bond acceptors (Lipinski definition) is 3. The smallest absolute Gasteiger partial charge is 0.371 e. The van der Waals surface area contributed by atoms with E-state index in [1.165, 1.54) is 12.1 Å². The maximum absolute atomic E-state index is 13.4. The van der Waals surface area contributed by atoms with Crippen LogP contribution in [-0.2, 0) is 6.54 Å². The Kier molecular flexibility index (Phi) is 3.55. The van der Waals surface area contributed by atoms with Gasteiger partial charge < -0.3 is 14.8 Å². The van der Waals surface area contributed by atoms with Gasteiger partial charge in [-0.25, -0.2) is 9.18 Å². The highest BCUT2D eigenvalue weighted by atomic mass is 19.1. The number of aryl methyl sites for hydroxylation is 1. The van der Waals surface area contributed by atoms with Crippen molar-refractivity contribution in [3.63, 3.8) is 0 Å². The number of rotatable bonds is 4. The van der Waals surface area contributed by atoms with Crippen molar-refractivity contribution in [3.05, 3.63) is 52.7 Å². The maximum Gasteiger partial charge on any atom is 0.371 e. The molecule has 0 radical (unpaired) electrons. The zero-order chi connectivity index (χ0) is 14.0. The average molecular weight is 263 g/mol. The molecule has 1 heterocycles. The Hall–Kier alpha value is -2.30. The summed E-state index contributed by atoms with van der Waals surface area (Å²) in [6.45, 7) is 3.76. The lowest BCUT2D eigenvalue weighted by Gasteiger charge is -2.09. The lowest BCUT2D eigenvalue weighted by Crippen LogP contribution is -2.02. The summed E-state index contributed by atoms with van der Waals surface area (Å²) < 4.78 is 18.5. The van der Waals surface area contributed by atoms with Gasteiger partial charge in [0.25, 0.3) is 0 Å². The third-order valence-electron chi connectivity index (χ3n) is 2.97. The summed E-state index contributed by atoms with van der Waals surface area (Å²) in [5.74, 6) is -0.930. The van der Waals surface area contributed by atoms with Crippen molar-refractivity contribution in [2.75, 3.05) is 5.32 Å². The predicted octanol–water partition coefficient (Wildman–Crippen LogP) is 3.35. The van der Waals surface area contributed by atoms with Gasteiger partial charge in [-0.2, -0.15) is 0 Å². The molecule has 0 aliphatic carbocycles. The van der Waals surface area contributed by atoms with Crippen molar-refractivity contribution < 1.29 is 18.7 Å². The standard InChI is InChI=1S/C14H14FNO3/c1-8-11(15)4-3-5-12(8)16-7-10-6-13(14(17)18)19-9(10)2/h3-6,16H,7H2,1-2H3,(H,17,18). The van der Waals surface area contributed by atoms with E-state index in [1.54, 1.807) is 26.0 Å². The van der Waals surface area contributed by atoms with Gasteiger partial charge in [0.2, 0.25) is 5.76 Å². The number of benzene rings is 1. The maximum atomic E-state index is 13.4. The molecule has 0 amide bonds. The number of aromatic carboxylic acids is 1. The summed E-state index contributed by atoms with van der Waals surface area (Å²) in [6, 6.07) is 6.26. The van der Waals surface area contributed by atoms with Gasteiger partial charge in [-0.05, 0) is 32.0 Å². The summed E-state index contributed by atoms with van der Waals surface area (Å²) in [5, 5.41) is 11.9. The molecule has 0 bridgehead atoms. The minimum Gasteiger partial charge on any atom is -0.475 e. The lowest BCUT2D eigenvalue weighted by atomic mass is 10.1. The number of hydrogen-bond donors (Lipinski definition) is 2. The van der Waals surface area contributed by atoms with Crippen LogP contribution in [0, 0.1) is 19.7 Å². The summed E-state index contributed by atoms with van der Waals surface area (Å²) >= 11 is 0. The molecule has 2 aromatic rings. The predicted molar refractivity (Wildman–Crippen MR) is 68.9 cm³/mol. The molecule has 0 saturated carbocycles. The van der Waals surface area contributed by atoms with E-state index in [0.717, 1.165) is 5.56 Å². The molecule has 2 N–H and O–H groups in total. The van der Waals surface area contributed by atoms with Crippen LogP contribution in [0.4, 0.5) is 10.1 Å². The SMILES string of the molecule is Cc1oc(C(=O)O)cc1CNc1cccc(F)c1C. The Morgan fingerprint density at radius 2 is 2.16 bits per heavy atom. The first kappa shape index (κ1) is 13.1. The van der Waals surface area contributed by atoms with E-state index in [-0.39, 0.29) is 11.6 Å². The topological polar surface area (TPSA) is 62.5 Å². The quantitative estimate of drug-likeness (QED) is 0.888. The van der Waals surface area contributed by atoms with Gasteiger partial charge in [0, 0.05) is 23.4 Å². The molecule has 0 unspecified atom stereocenters. The molecule has 0 spiro atoms. The molecule has 0 aliphatic heterocycles. The third-order valence-corrected chi connectivity index (χ3v) is 2.97. The van der Waals surface area contributed by atoms with Crippen molar-refractivity contribution >= 4 is 11.7 Å². The largest absolute Gasteiger partial charge is 0.475 e. The number of carbonyl (C=O) groups is 1. The molecule has 19 heavy (non-hydrogen) atoms. The van der Waals surface area contributed by atoms with Crippen LogP contribution in [0.15, 0.2) is 28.7 Å².